The van der Waals surface area contributed by atoms with Gasteiger partial charge in [-0.2, -0.15) is 0 Å². The van der Waals surface area contributed by atoms with Crippen LogP contribution in [0.1, 0.15) is 66.1 Å². The Morgan fingerprint density at radius 1 is 0.810 bits per heavy atom. The van der Waals surface area contributed by atoms with Crippen molar-refractivity contribution in [3.8, 4) is 10.4 Å². The number of likely N-dealkylation sites (tertiary alicyclic amines) is 1. The first-order valence-corrected chi connectivity index (χ1v) is 24.3. The average molecular weight is 901 g/mol. The molecule has 1 aliphatic rings. The van der Waals surface area contributed by atoms with Crippen LogP contribution in [-0.4, -0.2) is 113 Å². The first kappa shape index (κ1) is 49.2. The minimum Gasteiger partial charge on any atom is -0.461 e. The Morgan fingerprint density at radius 2 is 1.38 bits per heavy atom. The summed E-state index contributed by atoms with van der Waals surface area (Å²) in [5, 5.41) is 8.09. The molecule has 0 unspecified atom stereocenters. The fourth-order valence-corrected chi connectivity index (χ4v) is 13.3. The molecule has 5 rings (SSSR count). The van der Waals surface area contributed by atoms with E-state index >= 15 is 0 Å². The normalized spacial score (nSPS) is 16.1. The largest absolute Gasteiger partial charge is 0.461 e. The second-order valence-electron chi connectivity index (χ2n) is 17.8. The first-order valence-electron chi connectivity index (χ1n) is 21.5. The Kier molecular flexibility index (Phi) is 17.8. The van der Waals surface area contributed by atoms with Gasteiger partial charge in [-0.1, -0.05) is 126 Å². The molecule has 0 saturated carbocycles. The average Bonchev–Trinajstić information content (AvgIpc) is 3.88. The molecule has 15 heteroatoms. The fraction of sp³-hybridized carbons (Fsp3) is 0.479. The van der Waals surface area contributed by atoms with E-state index in [1.54, 1.807) is 11.3 Å². The Hall–Kier alpha value is -4.77. The van der Waals surface area contributed by atoms with Crippen molar-refractivity contribution < 1.29 is 42.6 Å². The summed E-state index contributed by atoms with van der Waals surface area (Å²) >= 11 is 1.57. The minimum atomic E-state index is -2.64. The van der Waals surface area contributed by atoms with Crippen LogP contribution in [0.3, 0.4) is 0 Å². The minimum absolute atomic E-state index is 0.0211. The number of ether oxygens (including phenoxy) is 4. The van der Waals surface area contributed by atoms with Gasteiger partial charge < -0.3 is 38.9 Å². The van der Waals surface area contributed by atoms with Gasteiger partial charge in [0.25, 0.3) is 8.32 Å². The quantitative estimate of drug-likeness (QED) is 0.0630. The zero-order chi connectivity index (χ0) is 45.6. The third-order valence-corrected chi connectivity index (χ3v) is 17.0. The lowest BCUT2D eigenvalue weighted by molar-refractivity contribution is -0.147. The molecule has 13 nitrogen and oxygen atoms in total. The van der Waals surface area contributed by atoms with E-state index in [1.165, 1.54) is 22.2 Å². The molecule has 0 radical (unpaired) electrons. The summed E-state index contributed by atoms with van der Waals surface area (Å²) in [6.45, 7) is 17.4. The Bertz CT molecular complexity index is 2050. The van der Waals surface area contributed by atoms with Gasteiger partial charge in [-0.15, -0.1) is 11.3 Å². The monoisotopic (exact) mass is 900 g/mol. The molecule has 2 N–H and O–H groups in total. The van der Waals surface area contributed by atoms with Crippen LogP contribution < -0.4 is 21.0 Å². The second kappa shape index (κ2) is 22.7. The third-order valence-electron chi connectivity index (χ3n) is 11.0. The van der Waals surface area contributed by atoms with Crippen molar-refractivity contribution in [2.24, 2.45) is 5.41 Å². The number of thiazole rings is 1. The molecule has 4 aromatic rings. The Balaban J connectivity index is 1.05. The van der Waals surface area contributed by atoms with Gasteiger partial charge in [0.2, 0.25) is 17.7 Å². The van der Waals surface area contributed by atoms with Crippen molar-refractivity contribution in [2.75, 3.05) is 52.8 Å². The maximum Gasteiger partial charge on any atom is 0.302 e. The van der Waals surface area contributed by atoms with E-state index in [-0.39, 0.29) is 50.3 Å². The number of nitrogens with one attached hydrogen (secondary N) is 2. The lowest BCUT2D eigenvalue weighted by atomic mass is 9.85. The number of benzene rings is 3. The maximum absolute atomic E-state index is 14.2. The van der Waals surface area contributed by atoms with Gasteiger partial charge in [0, 0.05) is 19.9 Å². The van der Waals surface area contributed by atoms with E-state index in [9.17, 15) is 19.2 Å². The number of hydrogen-bond acceptors (Lipinski definition) is 11. The summed E-state index contributed by atoms with van der Waals surface area (Å²) in [5.41, 5.74) is 3.97. The highest BCUT2D eigenvalue weighted by Crippen LogP contribution is 2.37. The van der Waals surface area contributed by atoms with Crippen LogP contribution in [-0.2, 0) is 49.1 Å². The Morgan fingerprint density at radius 3 is 1.90 bits per heavy atom. The summed E-state index contributed by atoms with van der Waals surface area (Å²) in [7, 11) is -2.64. The van der Waals surface area contributed by atoms with Crippen LogP contribution in [0.25, 0.3) is 10.4 Å². The van der Waals surface area contributed by atoms with Crippen molar-refractivity contribution >= 4 is 53.7 Å². The van der Waals surface area contributed by atoms with E-state index in [0.29, 0.717) is 26.4 Å². The number of rotatable bonds is 21. The van der Waals surface area contributed by atoms with E-state index < -0.39 is 49.7 Å². The molecular formula is C48H64N4O9SSi. The number of aromatic nitrogens is 1. The molecule has 0 bridgehead atoms. The molecule has 0 spiro atoms. The lowest BCUT2D eigenvalue weighted by Gasteiger charge is -2.43. The molecular weight excluding hydrogens is 837 g/mol. The zero-order valence-corrected chi connectivity index (χ0v) is 39.8. The summed E-state index contributed by atoms with van der Waals surface area (Å²) in [6.07, 6.45) is -0.536. The molecule has 1 aromatic heterocycles. The van der Waals surface area contributed by atoms with Crippen LogP contribution in [0.5, 0.6) is 0 Å². The van der Waals surface area contributed by atoms with Crippen LogP contribution >= 0.6 is 11.3 Å². The molecule has 3 amide bonds. The highest BCUT2D eigenvalue weighted by Gasteiger charge is 2.50. The first-order chi connectivity index (χ1) is 30.0. The maximum atomic E-state index is 14.2. The van der Waals surface area contributed by atoms with Crippen LogP contribution in [0.4, 0.5) is 0 Å². The summed E-state index contributed by atoms with van der Waals surface area (Å²) in [5.74, 6) is -1.82. The molecule has 340 valence electrons. The second-order valence-corrected chi connectivity index (χ2v) is 23.0. The number of aryl methyl sites for hydroxylation is 1. The molecule has 2 heterocycles. The SMILES string of the molecule is CC(=O)O[C@@H]1C[C@@H](C(=O)NCc2ccc(-c3scnc3C)cc2)N(C(=O)[C@@H](NC(=O)COCCOCCOCCO[Si](c2ccccc2)(c2ccccc2)C(C)(C)C)C(C)(C)C)C1. The van der Waals surface area contributed by atoms with Gasteiger partial charge >= 0.3 is 5.97 Å². The number of amides is 3. The third kappa shape index (κ3) is 13.4. The van der Waals surface area contributed by atoms with Gasteiger partial charge in [0.15, 0.2) is 0 Å². The van der Waals surface area contributed by atoms with E-state index in [2.05, 4.69) is 84.9 Å². The van der Waals surface area contributed by atoms with Crippen molar-refractivity contribution in [3.05, 3.63) is 102 Å². The lowest BCUT2D eigenvalue weighted by Crippen LogP contribution is -2.66. The number of carbonyl (C=O) groups is 4. The molecule has 1 aliphatic heterocycles. The van der Waals surface area contributed by atoms with Crippen molar-refractivity contribution in [3.63, 3.8) is 0 Å². The van der Waals surface area contributed by atoms with Gasteiger partial charge in [-0.05, 0) is 38.9 Å². The van der Waals surface area contributed by atoms with Gasteiger partial charge in [0.1, 0.15) is 24.8 Å². The van der Waals surface area contributed by atoms with Crippen molar-refractivity contribution in [1.82, 2.24) is 20.5 Å². The standard InChI is InChI=1S/C48H64N4O9SSi/c1-34-43(62-33-50-34)37-21-19-36(20-22-37)30-49-45(55)41-29-38(61-35(2)53)31-52(41)46(56)44(47(3,4)5)51-42(54)32-59-26-25-57-23-24-58-27-28-60-63(48(6,7)8,39-15-11-9-12-16-39)40-17-13-10-14-18-40/h9-22,33,38,41,44H,23-32H2,1-8H3,(H,49,55)(H,51,54)/t38-,41+,44-/m1/s1. The van der Waals surface area contributed by atoms with Crippen molar-refractivity contribution in [2.45, 2.75) is 91.6 Å². The van der Waals surface area contributed by atoms with Gasteiger partial charge in [-0.25, -0.2) is 4.98 Å². The summed E-state index contributed by atoms with van der Waals surface area (Å²) in [4.78, 5) is 59.7. The van der Waals surface area contributed by atoms with Crippen molar-refractivity contribution in [1.29, 1.82) is 0 Å². The molecule has 1 fully saturated rings. The summed E-state index contributed by atoms with van der Waals surface area (Å²) < 4.78 is 29.5. The Labute approximate surface area is 377 Å². The topological polar surface area (TPSA) is 155 Å². The number of carbonyl (C=O) groups excluding carboxylic acids is 4. The summed E-state index contributed by atoms with van der Waals surface area (Å²) in [6, 6.07) is 26.9. The highest BCUT2D eigenvalue weighted by atomic mass is 32.1. The van der Waals surface area contributed by atoms with Crippen LogP contribution in [0, 0.1) is 12.3 Å². The predicted octanol–water partition coefficient (Wildman–Crippen LogP) is 5.42. The zero-order valence-electron chi connectivity index (χ0n) is 37.9. The fourth-order valence-electron chi connectivity index (χ4n) is 7.91. The number of nitrogens with zero attached hydrogens (tertiary/aromatic N) is 2. The van der Waals surface area contributed by atoms with Crippen LogP contribution in [0.15, 0.2) is 90.4 Å². The van der Waals surface area contributed by atoms with Crippen LogP contribution in [0.2, 0.25) is 5.04 Å². The molecule has 0 aliphatic carbocycles. The van der Waals surface area contributed by atoms with Gasteiger partial charge in [-0.3, -0.25) is 19.2 Å². The molecule has 3 atom stereocenters. The number of esters is 1. The molecule has 3 aromatic carbocycles. The van der Waals surface area contributed by atoms with E-state index in [4.69, 9.17) is 23.4 Å². The smallest absolute Gasteiger partial charge is 0.302 e. The van der Waals surface area contributed by atoms with E-state index in [1.807, 2.05) is 69.6 Å². The molecule has 63 heavy (non-hydrogen) atoms. The number of hydrogen-bond donors (Lipinski definition) is 2. The molecule has 1 saturated heterocycles. The van der Waals surface area contributed by atoms with E-state index in [0.717, 1.165) is 21.7 Å². The highest BCUT2D eigenvalue weighted by molar-refractivity contribution is 7.13. The van der Waals surface area contributed by atoms with Gasteiger partial charge in [0.05, 0.1) is 62.3 Å². The predicted molar refractivity (Wildman–Crippen MR) is 247 cm³/mol.